The topological polar surface area (TPSA) is 44.8 Å². The Morgan fingerprint density at radius 3 is 2.65 bits per heavy atom. The first-order chi connectivity index (χ1) is 12.7. The standard InChI is InChI=1S/C20H27N3O2S/c1-2-22(15-19-4-3-13-26-19)16-20(24)21-18-7-5-17(6-8-18)14-23-9-11-25-12-10-23/h3-8,13H,2,9-12,14-16H2,1H3,(H,21,24). The maximum absolute atomic E-state index is 12.3. The maximum atomic E-state index is 12.3. The molecular formula is C20H27N3O2S. The molecule has 0 bridgehead atoms. The maximum Gasteiger partial charge on any atom is 0.238 e. The smallest absolute Gasteiger partial charge is 0.238 e. The molecule has 1 N–H and O–H groups in total. The van der Waals surface area contributed by atoms with Crippen molar-refractivity contribution in [2.45, 2.75) is 20.0 Å². The molecule has 6 heteroatoms. The van der Waals surface area contributed by atoms with E-state index in [2.05, 4.69) is 45.6 Å². The number of likely N-dealkylation sites (N-methyl/N-ethyl adjacent to an activating group) is 1. The van der Waals surface area contributed by atoms with E-state index in [-0.39, 0.29) is 5.91 Å². The zero-order valence-corrected chi connectivity index (χ0v) is 16.1. The summed E-state index contributed by atoms with van der Waals surface area (Å²) in [6, 6.07) is 12.3. The van der Waals surface area contributed by atoms with Gasteiger partial charge in [-0.15, -0.1) is 11.3 Å². The van der Waals surface area contributed by atoms with Crippen molar-refractivity contribution in [1.82, 2.24) is 9.80 Å². The summed E-state index contributed by atoms with van der Waals surface area (Å²) in [4.78, 5) is 18.2. The van der Waals surface area contributed by atoms with E-state index in [1.807, 2.05) is 18.2 Å². The summed E-state index contributed by atoms with van der Waals surface area (Å²) in [7, 11) is 0. The molecule has 2 heterocycles. The number of thiophene rings is 1. The van der Waals surface area contributed by atoms with Gasteiger partial charge in [0.2, 0.25) is 5.91 Å². The van der Waals surface area contributed by atoms with Crippen LogP contribution in [0.4, 0.5) is 5.69 Å². The monoisotopic (exact) mass is 373 g/mol. The predicted molar refractivity (Wildman–Crippen MR) is 106 cm³/mol. The van der Waals surface area contributed by atoms with Gasteiger partial charge in [-0.05, 0) is 35.7 Å². The fourth-order valence-corrected chi connectivity index (χ4v) is 3.76. The van der Waals surface area contributed by atoms with Gasteiger partial charge in [-0.1, -0.05) is 25.1 Å². The van der Waals surface area contributed by atoms with Crippen LogP contribution in [0.3, 0.4) is 0 Å². The molecule has 1 aliphatic rings. The normalized spacial score (nSPS) is 15.3. The molecule has 1 saturated heterocycles. The molecule has 5 nitrogen and oxygen atoms in total. The summed E-state index contributed by atoms with van der Waals surface area (Å²) in [6.07, 6.45) is 0. The molecule has 1 aromatic heterocycles. The van der Waals surface area contributed by atoms with Crippen molar-refractivity contribution in [2.75, 3.05) is 44.7 Å². The predicted octanol–water partition coefficient (Wildman–Crippen LogP) is 3.04. The number of ether oxygens (including phenoxy) is 1. The molecular weight excluding hydrogens is 346 g/mol. The third-order valence-corrected chi connectivity index (χ3v) is 5.38. The lowest BCUT2D eigenvalue weighted by Gasteiger charge is -2.26. The molecule has 0 radical (unpaired) electrons. The van der Waals surface area contributed by atoms with Crippen LogP contribution in [0.25, 0.3) is 0 Å². The molecule has 0 atom stereocenters. The number of carbonyl (C=O) groups is 1. The number of nitrogens with zero attached hydrogens (tertiary/aromatic N) is 2. The van der Waals surface area contributed by atoms with E-state index >= 15 is 0 Å². The number of amides is 1. The quantitative estimate of drug-likeness (QED) is 0.773. The van der Waals surface area contributed by atoms with Crippen molar-refractivity contribution < 1.29 is 9.53 Å². The molecule has 0 spiro atoms. The number of hydrogen-bond acceptors (Lipinski definition) is 5. The summed E-state index contributed by atoms with van der Waals surface area (Å²) in [5.74, 6) is 0.0318. The van der Waals surface area contributed by atoms with Gasteiger partial charge in [0.15, 0.2) is 0 Å². The first-order valence-electron chi connectivity index (χ1n) is 9.16. The zero-order chi connectivity index (χ0) is 18.2. The minimum absolute atomic E-state index is 0.0318. The van der Waals surface area contributed by atoms with Gasteiger partial charge in [0.1, 0.15) is 0 Å². The van der Waals surface area contributed by atoms with Crippen LogP contribution in [0.15, 0.2) is 41.8 Å². The first kappa shape index (κ1) is 19.0. The molecule has 1 fully saturated rings. The Morgan fingerprint density at radius 2 is 2.00 bits per heavy atom. The van der Waals surface area contributed by atoms with E-state index in [9.17, 15) is 4.79 Å². The molecule has 1 aliphatic heterocycles. The zero-order valence-electron chi connectivity index (χ0n) is 15.3. The summed E-state index contributed by atoms with van der Waals surface area (Å²) in [5.41, 5.74) is 2.12. The molecule has 0 unspecified atom stereocenters. The Kier molecular flexibility index (Phi) is 7.20. The van der Waals surface area contributed by atoms with Crippen molar-refractivity contribution in [3.05, 3.63) is 52.2 Å². The average molecular weight is 374 g/mol. The van der Waals surface area contributed by atoms with E-state index in [0.29, 0.717) is 6.54 Å². The number of anilines is 1. The number of nitrogens with one attached hydrogen (secondary N) is 1. The number of morpholine rings is 1. The van der Waals surface area contributed by atoms with Gasteiger partial charge >= 0.3 is 0 Å². The van der Waals surface area contributed by atoms with Crippen LogP contribution in [-0.2, 0) is 22.6 Å². The fourth-order valence-electron chi connectivity index (χ4n) is 3.02. The minimum Gasteiger partial charge on any atom is -0.379 e. The highest BCUT2D eigenvalue weighted by Crippen LogP contribution is 2.14. The first-order valence-corrected chi connectivity index (χ1v) is 10.0. The van der Waals surface area contributed by atoms with Gasteiger partial charge in [0.05, 0.1) is 19.8 Å². The molecule has 3 rings (SSSR count). The largest absolute Gasteiger partial charge is 0.379 e. The van der Waals surface area contributed by atoms with Crippen molar-refractivity contribution in [2.24, 2.45) is 0 Å². The lowest BCUT2D eigenvalue weighted by molar-refractivity contribution is -0.117. The summed E-state index contributed by atoms with van der Waals surface area (Å²) in [6.45, 7) is 8.68. The van der Waals surface area contributed by atoms with Crippen molar-refractivity contribution in [1.29, 1.82) is 0 Å². The highest BCUT2D eigenvalue weighted by Gasteiger charge is 2.12. The SMILES string of the molecule is CCN(CC(=O)Nc1ccc(CN2CCOCC2)cc1)Cc1cccs1. The third kappa shape index (κ3) is 5.92. The second kappa shape index (κ2) is 9.83. The Labute approximate surface area is 159 Å². The van der Waals surface area contributed by atoms with E-state index in [1.165, 1.54) is 10.4 Å². The summed E-state index contributed by atoms with van der Waals surface area (Å²) >= 11 is 1.73. The van der Waals surface area contributed by atoms with E-state index in [4.69, 9.17) is 4.74 Å². The van der Waals surface area contributed by atoms with Gasteiger partial charge in [-0.3, -0.25) is 14.6 Å². The Morgan fingerprint density at radius 1 is 1.23 bits per heavy atom. The molecule has 0 saturated carbocycles. The van der Waals surface area contributed by atoms with Crippen LogP contribution in [0.1, 0.15) is 17.4 Å². The van der Waals surface area contributed by atoms with Crippen molar-refractivity contribution in [3.8, 4) is 0 Å². The molecule has 26 heavy (non-hydrogen) atoms. The van der Waals surface area contributed by atoms with Crippen LogP contribution in [0.5, 0.6) is 0 Å². The molecule has 140 valence electrons. The number of rotatable bonds is 8. The molecule has 1 amide bonds. The van der Waals surface area contributed by atoms with Gasteiger partial charge in [-0.2, -0.15) is 0 Å². The third-order valence-electron chi connectivity index (χ3n) is 4.52. The average Bonchev–Trinajstić information content (AvgIpc) is 3.17. The lowest BCUT2D eigenvalue weighted by atomic mass is 10.2. The van der Waals surface area contributed by atoms with Crippen molar-refractivity contribution >= 4 is 22.9 Å². The van der Waals surface area contributed by atoms with Crippen molar-refractivity contribution in [3.63, 3.8) is 0 Å². The molecule has 1 aromatic carbocycles. The van der Waals surface area contributed by atoms with Crippen LogP contribution in [0.2, 0.25) is 0 Å². The lowest BCUT2D eigenvalue weighted by Crippen LogP contribution is -2.35. The highest BCUT2D eigenvalue weighted by atomic mass is 32.1. The van der Waals surface area contributed by atoms with Gasteiger partial charge < -0.3 is 10.1 Å². The van der Waals surface area contributed by atoms with E-state index in [1.54, 1.807) is 11.3 Å². The number of hydrogen-bond donors (Lipinski definition) is 1. The van der Waals surface area contributed by atoms with E-state index < -0.39 is 0 Å². The van der Waals surface area contributed by atoms with E-state index in [0.717, 1.165) is 51.6 Å². The number of carbonyl (C=O) groups excluding carboxylic acids is 1. The summed E-state index contributed by atoms with van der Waals surface area (Å²) in [5, 5.41) is 5.08. The Hall–Kier alpha value is -1.73. The van der Waals surface area contributed by atoms with Gasteiger partial charge in [0.25, 0.3) is 0 Å². The minimum atomic E-state index is 0.0318. The summed E-state index contributed by atoms with van der Waals surface area (Å²) < 4.78 is 5.38. The van der Waals surface area contributed by atoms with Gasteiger partial charge in [0, 0.05) is 36.7 Å². The van der Waals surface area contributed by atoms with Crippen LogP contribution >= 0.6 is 11.3 Å². The highest BCUT2D eigenvalue weighted by molar-refractivity contribution is 7.09. The van der Waals surface area contributed by atoms with Crippen LogP contribution in [0, 0.1) is 0 Å². The second-order valence-electron chi connectivity index (χ2n) is 6.52. The Bertz CT molecular complexity index is 667. The molecule has 0 aliphatic carbocycles. The second-order valence-corrected chi connectivity index (χ2v) is 7.55. The Balaban J connectivity index is 1.47. The molecule has 2 aromatic rings. The number of benzene rings is 1. The van der Waals surface area contributed by atoms with Gasteiger partial charge in [-0.25, -0.2) is 0 Å². The fraction of sp³-hybridized carbons (Fsp3) is 0.450. The van der Waals surface area contributed by atoms with Crippen LogP contribution < -0.4 is 5.32 Å². The van der Waals surface area contributed by atoms with Crippen LogP contribution in [-0.4, -0.2) is 55.1 Å².